The van der Waals surface area contributed by atoms with Crippen LogP contribution in [0.1, 0.15) is 38.2 Å². The normalized spacial score (nSPS) is 27.6. The van der Waals surface area contributed by atoms with Crippen LogP contribution in [0.4, 0.5) is 5.69 Å². The number of anilines is 1. The summed E-state index contributed by atoms with van der Waals surface area (Å²) >= 11 is 5.68. The topological polar surface area (TPSA) is 15.3 Å². The molecule has 1 N–H and O–H groups in total. The summed E-state index contributed by atoms with van der Waals surface area (Å²) < 4.78 is 0. The van der Waals surface area contributed by atoms with Crippen molar-refractivity contribution in [2.45, 2.75) is 45.6 Å². The first-order valence-electron chi connectivity index (χ1n) is 7.82. The Bertz CT molecular complexity index is 500. The van der Waals surface area contributed by atoms with Crippen LogP contribution in [0.15, 0.2) is 24.3 Å². The van der Waals surface area contributed by atoms with Crippen LogP contribution in [0.3, 0.4) is 0 Å². The second-order valence-corrected chi connectivity index (χ2v) is 6.65. The number of hydrogen-bond donors (Lipinski definition) is 1. The van der Waals surface area contributed by atoms with Gasteiger partial charge in [-0.2, -0.15) is 0 Å². The number of nitrogens with zero attached hydrogens (tertiary/aromatic N) is 1. The number of para-hydroxylation sites is 1. The maximum atomic E-state index is 5.68. The lowest BCUT2D eigenvalue weighted by Crippen LogP contribution is -2.46. The van der Waals surface area contributed by atoms with E-state index in [0.717, 1.165) is 23.5 Å². The first-order chi connectivity index (χ1) is 9.69. The van der Waals surface area contributed by atoms with Gasteiger partial charge in [-0.15, -0.1) is 0 Å². The molecule has 3 rings (SSSR count). The predicted molar refractivity (Wildman–Crippen MR) is 89.2 cm³/mol. The molecule has 3 heteroatoms. The van der Waals surface area contributed by atoms with Crippen LogP contribution in [0.25, 0.3) is 0 Å². The molecule has 2 nitrogen and oxygen atoms in total. The summed E-state index contributed by atoms with van der Waals surface area (Å²) in [6.45, 7) is 5.23. The van der Waals surface area contributed by atoms with E-state index in [-0.39, 0.29) is 0 Å². The van der Waals surface area contributed by atoms with Gasteiger partial charge >= 0.3 is 0 Å². The van der Waals surface area contributed by atoms with Crippen molar-refractivity contribution in [2.24, 2.45) is 11.8 Å². The Labute approximate surface area is 127 Å². The molecular formula is C17H24N2S. The van der Waals surface area contributed by atoms with Gasteiger partial charge in [0.1, 0.15) is 0 Å². The third-order valence-electron chi connectivity index (χ3n) is 5.01. The predicted octanol–water partition coefficient (Wildman–Crippen LogP) is 3.88. The van der Waals surface area contributed by atoms with Gasteiger partial charge in [0.25, 0.3) is 0 Å². The average Bonchev–Trinajstić information content (AvgIpc) is 3.04. The van der Waals surface area contributed by atoms with Crippen molar-refractivity contribution in [3.63, 3.8) is 0 Å². The smallest absolute Gasteiger partial charge is 0.173 e. The monoisotopic (exact) mass is 288 g/mol. The van der Waals surface area contributed by atoms with E-state index in [4.69, 9.17) is 12.2 Å². The summed E-state index contributed by atoms with van der Waals surface area (Å²) in [5, 5.41) is 4.55. The van der Waals surface area contributed by atoms with Crippen LogP contribution in [-0.2, 0) is 0 Å². The fourth-order valence-electron chi connectivity index (χ4n) is 3.95. The van der Waals surface area contributed by atoms with Gasteiger partial charge in [0, 0.05) is 18.3 Å². The Morgan fingerprint density at radius 2 is 2.10 bits per heavy atom. The number of aryl methyl sites for hydroxylation is 1. The van der Waals surface area contributed by atoms with E-state index in [1.54, 1.807) is 0 Å². The van der Waals surface area contributed by atoms with Crippen molar-refractivity contribution in [3.8, 4) is 0 Å². The first-order valence-corrected chi connectivity index (χ1v) is 8.23. The van der Waals surface area contributed by atoms with Gasteiger partial charge in [-0.05, 0) is 68.8 Å². The number of nitrogens with one attached hydrogen (secondary N) is 1. The number of benzene rings is 1. The lowest BCUT2D eigenvalue weighted by Gasteiger charge is -2.31. The minimum absolute atomic E-state index is 0.610. The molecule has 2 saturated carbocycles. The summed E-state index contributed by atoms with van der Waals surface area (Å²) in [6, 6.07) is 9.09. The van der Waals surface area contributed by atoms with Crippen molar-refractivity contribution in [3.05, 3.63) is 29.8 Å². The molecule has 2 aliphatic rings. The molecule has 0 radical (unpaired) electrons. The number of rotatable bonds is 3. The van der Waals surface area contributed by atoms with Gasteiger partial charge in [0.2, 0.25) is 0 Å². The van der Waals surface area contributed by atoms with Crippen molar-refractivity contribution >= 4 is 23.0 Å². The van der Waals surface area contributed by atoms with Crippen molar-refractivity contribution in [1.82, 2.24) is 5.32 Å². The van der Waals surface area contributed by atoms with Crippen molar-refractivity contribution < 1.29 is 0 Å². The Hall–Kier alpha value is -1.09. The van der Waals surface area contributed by atoms with E-state index in [2.05, 4.69) is 48.3 Å². The van der Waals surface area contributed by atoms with Crippen LogP contribution in [0.5, 0.6) is 0 Å². The van der Waals surface area contributed by atoms with E-state index < -0.39 is 0 Å². The molecule has 2 aliphatic carbocycles. The zero-order chi connectivity index (χ0) is 14.1. The summed E-state index contributed by atoms with van der Waals surface area (Å²) in [7, 11) is 0. The maximum Gasteiger partial charge on any atom is 0.173 e. The number of hydrogen-bond acceptors (Lipinski definition) is 1. The van der Waals surface area contributed by atoms with E-state index in [1.807, 2.05) is 0 Å². The van der Waals surface area contributed by atoms with Gasteiger partial charge in [-0.25, -0.2) is 0 Å². The molecule has 3 atom stereocenters. The molecule has 2 fully saturated rings. The largest absolute Gasteiger partial charge is 0.359 e. The SMILES string of the molecule is CCN(C(=S)NC1CC2CCC1C2)c1ccccc1C. The standard InChI is InChI=1S/C17H24N2S/c1-3-19(16-7-5-4-6-12(16)2)17(20)18-15-11-13-8-9-14(15)10-13/h4-7,13-15H,3,8-11H2,1-2H3,(H,18,20). The molecule has 1 aromatic rings. The first kappa shape index (κ1) is 13.9. The van der Waals surface area contributed by atoms with Gasteiger partial charge in [0.15, 0.2) is 5.11 Å². The lowest BCUT2D eigenvalue weighted by atomic mass is 9.95. The number of thiocarbonyl (C=S) groups is 1. The fourth-order valence-corrected chi connectivity index (χ4v) is 4.33. The van der Waals surface area contributed by atoms with E-state index in [9.17, 15) is 0 Å². The fraction of sp³-hybridized carbons (Fsp3) is 0.588. The van der Waals surface area contributed by atoms with Crippen molar-refractivity contribution in [1.29, 1.82) is 0 Å². The molecule has 0 amide bonds. The third-order valence-corrected chi connectivity index (χ3v) is 5.35. The summed E-state index contributed by atoms with van der Waals surface area (Å²) in [4.78, 5) is 2.23. The summed E-state index contributed by atoms with van der Waals surface area (Å²) in [6.07, 6.45) is 5.55. The second kappa shape index (κ2) is 5.72. The zero-order valence-electron chi connectivity index (χ0n) is 12.4. The lowest BCUT2D eigenvalue weighted by molar-refractivity contribution is 0.390. The van der Waals surface area contributed by atoms with Crippen LogP contribution in [-0.4, -0.2) is 17.7 Å². The maximum absolute atomic E-state index is 5.68. The van der Waals surface area contributed by atoms with Crippen molar-refractivity contribution in [2.75, 3.05) is 11.4 Å². The highest BCUT2D eigenvalue weighted by atomic mass is 32.1. The van der Waals surface area contributed by atoms with E-state index in [1.165, 1.54) is 36.9 Å². The Morgan fingerprint density at radius 1 is 1.30 bits per heavy atom. The summed E-state index contributed by atoms with van der Waals surface area (Å²) in [5.74, 6) is 1.81. The van der Waals surface area contributed by atoms with Crippen LogP contribution in [0.2, 0.25) is 0 Å². The Morgan fingerprint density at radius 3 is 2.70 bits per heavy atom. The van der Waals surface area contributed by atoms with Crippen LogP contribution in [0, 0.1) is 18.8 Å². The molecule has 0 spiro atoms. The molecule has 0 heterocycles. The van der Waals surface area contributed by atoms with Gasteiger partial charge in [0.05, 0.1) is 0 Å². The van der Waals surface area contributed by atoms with E-state index in [0.29, 0.717) is 6.04 Å². The molecule has 3 unspecified atom stereocenters. The quantitative estimate of drug-likeness (QED) is 0.850. The van der Waals surface area contributed by atoms with Crippen LogP contribution >= 0.6 is 12.2 Å². The molecule has 0 aromatic heterocycles. The van der Waals surface area contributed by atoms with Gasteiger partial charge in [-0.1, -0.05) is 24.6 Å². The van der Waals surface area contributed by atoms with Gasteiger partial charge < -0.3 is 10.2 Å². The highest BCUT2D eigenvalue weighted by Gasteiger charge is 2.40. The highest BCUT2D eigenvalue weighted by molar-refractivity contribution is 7.80. The minimum atomic E-state index is 0.610. The van der Waals surface area contributed by atoms with Crippen LogP contribution < -0.4 is 10.2 Å². The number of fused-ring (bicyclic) bond motifs is 2. The molecule has 20 heavy (non-hydrogen) atoms. The highest BCUT2D eigenvalue weighted by Crippen LogP contribution is 2.44. The molecule has 1 aromatic carbocycles. The minimum Gasteiger partial charge on any atom is -0.359 e. The van der Waals surface area contributed by atoms with E-state index >= 15 is 0 Å². The molecule has 0 saturated heterocycles. The summed E-state index contributed by atoms with van der Waals surface area (Å²) in [5.41, 5.74) is 2.52. The average molecular weight is 288 g/mol. The Balaban J connectivity index is 1.70. The second-order valence-electron chi connectivity index (χ2n) is 6.26. The van der Waals surface area contributed by atoms with Gasteiger partial charge in [-0.3, -0.25) is 0 Å². The molecule has 2 bridgehead atoms. The molecular weight excluding hydrogens is 264 g/mol. The zero-order valence-corrected chi connectivity index (χ0v) is 13.2. The Kier molecular flexibility index (Phi) is 3.97. The third kappa shape index (κ3) is 2.56. The molecule has 0 aliphatic heterocycles. The molecule has 108 valence electrons.